The van der Waals surface area contributed by atoms with E-state index in [2.05, 4.69) is 17.1 Å². The van der Waals surface area contributed by atoms with Gasteiger partial charge in [-0.2, -0.15) is 0 Å². The van der Waals surface area contributed by atoms with Gasteiger partial charge in [-0.3, -0.25) is 9.69 Å². The number of nitrogen functional groups attached to an aromatic ring is 1. The lowest BCUT2D eigenvalue weighted by atomic mass is 10.1. The number of rotatable bonds is 8. The molecule has 140 valence electrons. The van der Waals surface area contributed by atoms with Crippen LogP contribution in [0.3, 0.4) is 0 Å². The zero-order valence-electron chi connectivity index (χ0n) is 15.0. The fourth-order valence-corrected chi connectivity index (χ4v) is 2.98. The molecule has 1 aliphatic heterocycles. The van der Waals surface area contributed by atoms with Crippen LogP contribution in [0.15, 0.2) is 12.1 Å². The van der Waals surface area contributed by atoms with Gasteiger partial charge in [-0.25, -0.2) is 0 Å². The molecule has 0 aliphatic carbocycles. The highest BCUT2D eigenvalue weighted by Gasteiger charge is 2.22. The monoisotopic (exact) mass is 369 g/mol. The fraction of sp³-hybridized carbons (Fsp3) is 0.611. The molecule has 1 heterocycles. The highest BCUT2D eigenvalue weighted by molar-refractivity contribution is 6.33. The van der Waals surface area contributed by atoms with Crippen LogP contribution in [-0.2, 0) is 4.74 Å². The first-order valence-corrected chi connectivity index (χ1v) is 9.26. The third kappa shape index (κ3) is 5.76. The van der Waals surface area contributed by atoms with E-state index in [1.807, 2.05) is 6.92 Å². The van der Waals surface area contributed by atoms with Crippen molar-refractivity contribution >= 4 is 23.2 Å². The Morgan fingerprint density at radius 3 is 3.00 bits per heavy atom. The van der Waals surface area contributed by atoms with Crippen LogP contribution in [0.1, 0.15) is 37.0 Å². The summed E-state index contributed by atoms with van der Waals surface area (Å²) in [6.45, 7) is 8.50. The third-order valence-electron chi connectivity index (χ3n) is 4.18. The first-order valence-electron chi connectivity index (χ1n) is 8.89. The molecule has 2 rings (SSSR count). The lowest BCUT2D eigenvalue weighted by Crippen LogP contribution is -2.47. The summed E-state index contributed by atoms with van der Waals surface area (Å²) >= 11 is 6.05. The van der Waals surface area contributed by atoms with Gasteiger partial charge in [-0.1, -0.05) is 24.9 Å². The Balaban J connectivity index is 1.94. The zero-order valence-corrected chi connectivity index (χ0v) is 15.8. The Morgan fingerprint density at radius 1 is 1.48 bits per heavy atom. The second kappa shape index (κ2) is 9.85. The SMILES string of the molecule is CCCCN1CCOC(CNC(=O)c2cc(Cl)c(N)cc2OCC)C1. The van der Waals surface area contributed by atoms with E-state index in [0.29, 0.717) is 41.8 Å². The molecule has 1 amide bonds. The summed E-state index contributed by atoms with van der Waals surface area (Å²) in [6, 6.07) is 3.14. The molecule has 0 bridgehead atoms. The van der Waals surface area contributed by atoms with Crippen molar-refractivity contribution in [2.45, 2.75) is 32.8 Å². The standard InChI is InChI=1S/C18H28ClN3O3/c1-3-5-6-22-7-8-25-13(12-22)11-21-18(23)14-9-15(19)16(20)10-17(14)24-4-2/h9-10,13H,3-8,11-12,20H2,1-2H3,(H,21,23). The number of amides is 1. The molecular weight excluding hydrogens is 342 g/mol. The van der Waals surface area contributed by atoms with Crippen molar-refractivity contribution in [1.82, 2.24) is 10.2 Å². The van der Waals surface area contributed by atoms with Crippen molar-refractivity contribution in [1.29, 1.82) is 0 Å². The second-order valence-corrected chi connectivity index (χ2v) is 6.57. The number of halogens is 1. The maximum absolute atomic E-state index is 12.5. The summed E-state index contributed by atoms with van der Waals surface area (Å²) < 4.78 is 11.3. The van der Waals surface area contributed by atoms with Gasteiger partial charge >= 0.3 is 0 Å². The summed E-state index contributed by atoms with van der Waals surface area (Å²) in [4.78, 5) is 14.9. The maximum Gasteiger partial charge on any atom is 0.255 e. The number of carbonyl (C=O) groups excluding carboxylic acids is 1. The molecule has 7 heteroatoms. The molecular formula is C18H28ClN3O3. The zero-order chi connectivity index (χ0) is 18.2. The quantitative estimate of drug-likeness (QED) is 0.688. The van der Waals surface area contributed by atoms with Gasteiger partial charge in [-0.05, 0) is 26.0 Å². The minimum absolute atomic E-state index is 0.00523. The molecule has 0 saturated carbocycles. The molecule has 1 aliphatic rings. The Bertz CT molecular complexity index is 583. The van der Waals surface area contributed by atoms with E-state index >= 15 is 0 Å². The average molecular weight is 370 g/mol. The number of unbranched alkanes of at least 4 members (excludes halogenated alkanes) is 1. The first kappa shape index (κ1) is 19.8. The molecule has 3 N–H and O–H groups in total. The van der Waals surface area contributed by atoms with E-state index in [4.69, 9.17) is 26.8 Å². The van der Waals surface area contributed by atoms with E-state index in [-0.39, 0.29) is 12.0 Å². The number of nitrogens with zero attached hydrogens (tertiary/aromatic N) is 1. The molecule has 0 radical (unpaired) electrons. The Kier molecular flexibility index (Phi) is 7.81. The van der Waals surface area contributed by atoms with E-state index in [9.17, 15) is 4.79 Å². The van der Waals surface area contributed by atoms with Gasteiger partial charge in [0, 0.05) is 25.7 Å². The van der Waals surface area contributed by atoms with Gasteiger partial charge in [0.2, 0.25) is 0 Å². The molecule has 25 heavy (non-hydrogen) atoms. The normalized spacial score (nSPS) is 18.1. The number of benzene rings is 1. The molecule has 1 unspecified atom stereocenters. The van der Waals surface area contributed by atoms with Crippen LogP contribution in [0.4, 0.5) is 5.69 Å². The van der Waals surface area contributed by atoms with Crippen molar-refractivity contribution in [3.05, 3.63) is 22.7 Å². The molecule has 1 atom stereocenters. The van der Waals surface area contributed by atoms with Gasteiger partial charge in [0.15, 0.2) is 0 Å². The molecule has 1 aromatic carbocycles. The lowest BCUT2D eigenvalue weighted by molar-refractivity contribution is -0.0266. The number of morpholine rings is 1. The molecule has 6 nitrogen and oxygen atoms in total. The van der Waals surface area contributed by atoms with Gasteiger partial charge < -0.3 is 20.5 Å². The number of nitrogens with two attached hydrogens (primary N) is 1. The van der Waals surface area contributed by atoms with Crippen LogP contribution in [-0.4, -0.2) is 56.3 Å². The summed E-state index contributed by atoms with van der Waals surface area (Å²) in [5, 5.41) is 3.26. The fourth-order valence-electron chi connectivity index (χ4n) is 2.81. The average Bonchev–Trinajstić information content (AvgIpc) is 2.61. The topological polar surface area (TPSA) is 76.8 Å². The van der Waals surface area contributed by atoms with Gasteiger partial charge in [0.1, 0.15) is 5.75 Å². The van der Waals surface area contributed by atoms with E-state index in [1.54, 1.807) is 12.1 Å². The maximum atomic E-state index is 12.5. The summed E-state index contributed by atoms with van der Waals surface area (Å²) in [5.74, 6) is 0.204. The summed E-state index contributed by atoms with van der Waals surface area (Å²) in [6.07, 6.45) is 2.35. The Labute approximate surface area is 154 Å². The second-order valence-electron chi connectivity index (χ2n) is 6.16. The number of anilines is 1. The minimum atomic E-state index is -0.236. The first-order chi connectivity index (χ1) is 12.0. The van der Waals surface area contributed by atoms with E-state index in [0.717, 1.165) is 19.6 Å². The van der Waals surface area contributed by atoms with Crippen molar-refractivity contribution < 1.29 is 14.3 Å². The van der Waals surface area contributed by atoms with E-state index < -0.39 is 0 Å². The predicted octanol–water partition coefficient (Wildman–Crippen LogP) is 2.55. The van der Waals surface area contributed by atoms with Gasteiger partial charge in [-0.15, -0.1) is 0 Å². The van der Waals surface area contributed by atoms with Crippen molar-refractivity contribution in [2.75, 3.05) is 45.1 Å². The smallest absolute Gasteiger partial charge is 0.255 e. The molecule has 0 aromatic heterocycles. The highest BCUT2D eigenvalue weighted by Crippen LogP contribution is 2.29. The number of hydrogen-bond donors (Lipinski definition) is 2. The van der Waals surface area contributed by atoms with Crippen molar-refractivity contribution in [2.24, 2.45) is 0 Å². The van der Waals surface area contributed by atoms with Crippen LogP contribution in [0.2, 0.25) is 5.02 Å². The lowest BCUT2D eigenvalue weighted by Gasteiger charge is -2.33. The molecule has 1 aromatic rings. The van der Waals surface area contributed by atoms with Crippen molar-refractivity contribution in [3.63, 3.8) is 0 Å². The molecule has 1 fully saturated rings. The van der Waals surface area contributed by atoms with Crippen molar-refractivity contribution in [3.8, 4) is 5.75 Å². The number of carbonyl (C=O) groups is 1. The van der Waals surface area contributed by atoms with Gasteiger partial charge in [0.25, 0.3) is 5.91 Å². The number of hydrogen-bond acceptors (Lipinski definition) is 5. The minimum Gasteiger partial charge on any atom is -0.493 e. The van der Waals surface area contributed by atoms with E-state index in [1.165, 1.54) is 12.8 Å². The number of ether oxygens (including phenoxy) is 2. The van der Waals surface area contributed by atoms with Crippen LogP contribution >= 0.6 is 11.6 Å². The van der Waals surface area contributed by atoms with Crippen LogP contribution in [0.25, 0.3) is 0 Å². The highest BCUT2D eigenvalue weighted by atomic mass is 35.5. The molecule has 1 saturated heterocycles. The summed E-state index contributed by atoms with van der Waals surface area (Å²) in [5.41, 5.74) is 6.58. The van der Waals surface area contributed by atoms with Crippen LogP contribution in [0, 0.1) is 0 Å². The molecule has 0 spiro atoms. The van der Waals surface area contributed by atoms with Crippen LogP contribution < -0.4 is 15.8 Å². The third-order valence-corrected chi connectivity index (χ3v) is 4.51. The largest absolute Gasteiger partial charge is 0.493 e. The number of nitrogens with one attached hydrogen (secondary N) is 1. The predicted molar refractivity (Wildman–Crippen MR) is 100 cm³/mol. The Hall–Kier alpha value is -1.50. The van der Waals surface area contributed by atoms with Crippen LogP contribution in [0.5, 0.6) is 5.75 Å². The Morgan fingerprint density at radius 2 is 2.28 bits per heavy atom. The van der Waals surface area contributed by atoms with Gasteiger partial charge in [0.05, 0.1) is 35.6 Å². The summed E-state index contributed by atoms with van der Waals surface area (Å²) in [7, 11) is 0.